The zero-order valence-electron chi connectivity index (χ0n) is 19.7. The van der Waals surface area contributed by atoms with Crippen molar-refractivity contribution in [3.8, 4) is 0 Å². The number of hydrogen-bond donors (Lipinski definition) is 0. The Morgan fingerprint density at radius 1 is 1.06 bits per heavy atom. The molecular formula is C24H33N5O3. The van der Waals surface area contributed by atoms with E-state index < -0.39 is 0 Å². The first-order valence-electron chi connectivity index (χ1n) is 11.3. The standard InChI is InChI=1S/C24H33N5O3/c1-17-13-18(2)29(26-17)15-19-7-8-20(31-19)23(30)28-10-6-9-27(11-12-28)16-22-25-14-21(32-22)24(3,4)5/h7-8,13-14H,6,9-12,15-16H2,1-5H3. The van der Waals surface area contributed by atoms with Crippen molar-refractivity contribution < 1.29 is 13.6 Å². The van der Waals surface area contributed by atoms with Gasteiger partial charge in [0, 0.05) is 37.3 Å². The summed E-state index contributed by atoms with van der Waals surface area (Å²) >= 11 is 0. The van der Waals surface area contributed by atoms with Crippen LogP contribution in [0.2, 0.25) is 0 Å². The predicted octanol–water partition coefficient (Wildman–Crippen LogP) is 3.77. The normalized spacial score (nSPS) is 15.8. The molecule has 0 bridgehead atoms. The average Bonchev–Trinajstić information content (AvgIpc) is 3.40. The summed E-state index contributed by atoms with van der Waals surface area (Å²) in [7, 11) is 0. The van der Waals surface area contributed by atoms with Crippen LogP contribution in [-0.2, 0) is 18.5 Å². The highest BCUT2D eigenvalue weighted by Gasteiger charge is 2.24. The molecule has 0 spiro atoms. The molecule has 1 fully saturated rings. The number of rotatable bonds is 5. The Bertz CT molecular complexity index is 1070. The lowest BCUT2D eigenvalue weighted by atomic mass is 9.94. The molecule has 172 valence electrons. The fourth-order valence-electron chi connectivity index (χ4n) is 3.97. The molecule has 32 heavy (non-hydrogen) atoms. The van der Waals surface area contributed by atoms with Gasteiger partial charge in [-0.05, 0) is 38.5 Å². The second-order valence-corrected chi connectivity index (χ2v) is 9.64. The Balaban J connectivity index is 1.34. The Morgan fingerprint density at radius 3 is 2.56 bits per heavy atom. The van der Waals surface area contributed by atoms with Crippen LogP contribution in [0.5, 0.6) is 0 Å². The summed E-state index contributed by atoms with van der Waals surface area (Å²) in [6, 6.07) is 5.66. The summed E-state index contributed by atoms with van der Waals surface area (Å²) in [5.41, 5.74) is 1.99. The van der Waals surface area contributed by atoms with Gasteiger partial charge in [0.2, 0.25) is 5.89 Å². The van der Waals surface area contributed by atoms with E-state index in [-0.39, 0.29) is 11.3 Å². The van der Waals surface area contributed by atoms with Crippen molar-refractivity contribution >= 4 is 5.91 Å². The van der Waals surface area contributed by atoms with Gasteiger partial charge in [0.15, 0.2) is 5.76 Å². The van der Waals surface area contributed by atoms with Crippen molar-refractivity contribution in [3.63, 3.8) is 0 Å². The number of hydrogen-bond acceptors (Lipinski definition) is 6. The van der Waals surface area contributed by atoms with Gasteiger partial charge in [-0.3, -0.25) is 14.4 Å². The molecule has 0 aliphatic carbocycles. The molecule has 0 N–H and O–H groups in total. The maximum atomic E-state index is 13.0. The van der Waals surface area contributed by atoms with Crippen LogP contribution in [0.1, 0.15) is 66.5 Å². The van der Waals surface area contributed by atoms with Crippen LogP contribution < -0.4 is 0 Å². The highest BCUT2D eigenvalue weighted by molar-refractivity contribution is 5.91. The number of aromatic nitrogens is 3. The van der Waals surface area contributed by atoms with E-state index in [0.717, 1.165) is 48.3 Å². The minimum Gasteiger partial charge on any atom is -0.454 e. The second kappa shape index (κ2) is 8.94. The number of carbonyl (C=O) groups is 1. The number of furan rings is 1. The SMILES string of the molecule is Cc1cc(C)n(Cc2ccc(C(=O)N3CCCN(Cc4ncc(C(C)(C)C)o4)CC3)o2)n1. The Hall–Kier alpha value is -2.87. The topological polar surface area (TPSA) is 80.5 Å². The lowest BCUT2D eigenvalue weighted by Crippen LogP contribution is -2.35. The largest absolute Gasteiger partial charge is 0.454 e. The fraction of sp³-hybridized carbons (Fsp3) is 0.542. The summed E-state index contributed by atoms with van der Waals surface area (Å²) in [4.78, 5) is 21.6. The summed E-state index contributed by atoms with van der Waals surface area (Å²) < 4.78 is 13.7. The van der Waals surface area contributed by atoms with Crippen LogP contribution in [-0.4, -0.2) is 56.7 Å². The molecule has 1 saturated heterocycles. The molecule has 8 heteroatoms. The first-order valence-corrected chi connectivity index (χ1v) is 11.3. The summed E-state index contributed by atoms with van der Waals surface area (Å²) in [6.45, 7) is 14.5. The third-order valence-corrected chi connectivity index (χ3v) is 5.81. The number of amides is 1. The molecule has 3 aromatic heterocycles. The molecule has 4 rings (SSSR count). The first-order chi connectivity index (χ1) is 15.2. The Morgan fingerprint density at radius 2 is 1.88 bits per heavy atom. The van der Waals surface area contributed by atoms with Crippen molar-refractivity contribution in [1.29, 1.82) is 0 Å². The van der Waals surface area contributed by atoms with Crippen LogP contribution in [0, 0.1) is 13.8 Å². The van der Waals surface area contributed by atoms with Crippen LogP contribution in [0.15, 0.2) is 33.2 Å². The Labute approximate surface area is 189 Å². The minimum atomic E-state index is -0.0578. The van der Waals surface area contributed by atoms with E-state index in [9.17, 15) is 4.79 Å². The molecule has 0 saturated carbocycles. The second-order valence-electron chi connectivity index (χ2n) is 9.64. The Kier molecular flexibility index (Phi) is 6.24. The average molecular weight is 440 g/mol. The lowest BCUT2D eigenvalue weighted by molar-refractivity contribution is 0.0726. The van der Waals surface area contributed by atoms with Crippen molar-refractivity contribution in [2.45, 2.75) is 59.5 Å². The zero-order chi connectivity index (χ0) is 22.9. The van der Waals surface area contributed by atoms with Crippen LogP contribution in [0.3, 0.4) is 0 Å². The molecule has 1 amide bonds. The molecule has 1 aliphatic rings. The van der Waals surface area contributed by atoms with Gasteiger partial charge in [-0.25, -0.2) is 4.98 Å². The van der Waals surface area contributed by atoms with E-state index in [1.807, 2.05) is 41.8 Å². The maximum absolute atomic E-state index is 13.0. The van der Waals surface area contributed by atoms with E-state index in [1.54, 1.807) is 6.07 Å². The molecule has 3 aromatic rings. The van der Waals surface area contributed by atoms with E-state index >= 15 is 0 Å². The highest BCUT2D eigenvalue weighted by Crippen LogP contribution is 2.23. The van der Waals surface area contributed by atoms with Crippen molar-refractivity contribution in [2.24, 2.45) is 0 Å². The van der Waals surface area contributed by atoms with Gasteiger partial charge in [0.25, 0.3) is 5.91 Å². The maximum Gasteiger partial charge on any atom is 0.289 e. The van der Waals surface area contributed by atoms with Crippen LogP contribution in [0.25, 0.3) is 0 Å². The first kappa shape index (κ1) is 22.3. The quantitative estimate of drug-likeness (QED) is 0.602. The minimum absolute atomic E-state index is 0.0515. The lowest BCUT2D eigenvalue weighted by Gasteiger charge is -2.20. The molecule has 0 unspecified atom stereocenters. The van der Waals surface area contributed by atoms with Crippen molar-refractivity contribution in [3.05, 3.63) is 59.0 Å². The fourth-order valence-corrected chi connectivity index (χ4v) is 3.97. The number of oxazole rings is 1. The molecule has 4 heterocycles. The van der Waals surface area contributed by atoms with Crippen molar-refractivity contribution in [2.75, 3.05) is 26.2 Å². The monoisotopic (exact) mass is 439 g/mol. The number of aryl methyl sites for hydroxylation is 2. The summed E-state index contributed by atoms with van der Waals surface area (Å²) in [6.07, 6.45) is 2.72. The molecule has 0 atom stereocenters. The van der Waals surface area contributed by atoms with Crippen LogP contribution in [0.4, 0.5) is 0 Å². The number of nitrogens with zero attached hydrogens (tertiary/aromatic N) is 5. The summed E-state index contributed by atoms with van der Waals surface area (Å²) in [5.74, 6) is 2.69. The molecule has 0 radical (unpaired) electrons. The predicted molar refractivity (Wildman–Crippen MR) is 121 cm³/mol. The van der Waals surface area contributed by atoms with Gasteiger partial charge in [0.1, 0.15) is 11.5 Å². The van der Waals surface area contributed by atoms with Crippen molar-refractivity contribution in [1.82, 2.24) is 24.6 Å². The van der Waals surface area contributed by atoms with E-state index in [0.29, 0.717) is 31.9 Å². The van der Waals surface area contributed by atoms with Gasteiger partial charge in [-0.1, -0.05) is 20.8 Å². The van der Waals surface area contributed by atoms with E-state index in [1.165, 1.54) is 0 Å². The van der Waals surface area contributed by atoms with Gasteiger partial charge in [-0.15, -0.1) is 0 Å². The molecule has 8 nitrogen and oxygen atoms in total. The third-order valence-electron chi connectivity index (χ3n) is 5.81. The smallest absolute Gasteiger partial charge is 0.289 e. The van der Waals surface area contributed by atoms with Gasteiger partial charge in [0.05, 0.1) is 25.0 Å². The van der Waals surface area contributed by atoms with Gasteiger partial charge >= 0.3 is 0 Å². The van der Waals surface area contributed by atoms with Gasteiger partial charge < -0.3 is 13.7 Å². The summed E-state index contributed by atoms with van der Waals surface area (Å²) in [5, 5.41) is 4.46. The third kappa shape index (κ3) is 5.12. The number of carbonyl (C=O) groups excluding carboxylic acids is 1. The zero-order valence-corrected chi connectivity index (χ0v) is 19.7. The molecular weight excluding hydrogens is 406 g/mol. The highest BCUT2D eigenvalue weighted by atomic mass is 16.4. The van der Waals surface area contributed by atoms with E-state index in [2.05, 4.69) is 35.8 Å². The molecule has 0 aromatic carbocycles. The van der Waals surface area contributed by atoms with E-state index in [4.69, 9.17) is 8.83 Å². The molecule has 1 aliphatic heterocycles. The van der Waals surface area contributed by atoms with Gasteiger partial charge in [-0.2, -0.15) is 5.10 Å². The van der Waals surface area contributed by atoms with Crippen LogP contribution >= 0.6 is 0 Å².